The summed E-state index contributed by atoms with van der Waals surface area (Å²) in [4.78, 5) is 65.1. The maximum atomic E-state index is 13.8. The third kappa shape index (κ3) is 17.8. The Hall–Kier alpha value is -14.3. The standard InChI is InChI=1S/C27H27F3N2O4.C27H31N3O4.C26H24N4O3.C25H26N2O5.H2/c1-18(17-34-2)35-22-10-9-19(16-20(22)27(28,29)30)25(33)31-14-11-26(12-15-31)24-8-5-13-32(24)21-6-3-4-7-23(21)36-26;1-26(2,3)33-18-10-11-20(23(16-18)32-5)25(31)30-14-12-27(13-15-30)21-17-28-29(4)24(21)19-8-6-7-9-22(19)34-27;1-29-24-18-8-4-6-10-22(18)33-26(19(24)16-27-29)11-13-30(14-12-26)25(31)21-15-23(32-2)17-7-3-5-9-20(17)28-21;1-30-22-17-18(8-9-21(22)31-16-15-28)24(29)26-13-10-25(11-14-26)23-7-4-12-27(23)19-5-2-3-6-20(19)32-25;/h3-10,13,16,18H,11-12,14-15,17H2,1-2H3;6-11,16-17H,12-15H2,1-5H3;3-10,15-16H,11-14H2,1-2H3;2-9,12,17,28H,10-11,13-16H2,1H3;1H/t18-;;;;/m0..../s1. The monoisotopic (exact) mass is 1840 g/mol. The molecule has 135 heavy (non-hydrogen) atoms. The van der Waals surface area contributed by atoms with E-state index in [9.17, 15) is 32.3 Å². The fourth-order valence-electron chi connectivity index (χ4n) is 19.8. The van der Waals surface area contributed by atoms with Crippen molar-refractivity contribution in [1.82, 2.24) is 53.3 Å². The fourth-order valence-corrected chi connectivity index (χ4v) is 19.8. The van der Waals surface area contributed by atoms with Crippen LogP contribution in [0, 0.1) is 0 Å². The van der Waals surface area contributed by atoms with Gasteiger partial charge in [-0.1, -0.05) is 60.7 Å². The van der Waals surface area contributed by atoms with E-state index in [4.69, 9.17) is 57.2 Å². The number of ether oxygens (including phenoxy) is 11. The summed E-state index contributed by atoms with van der Waals surface area (Å²) in [6.07, 6.45) is 7.91. The van der Waals surface area contributed by atoms with E-state index in [1.54, 1.807) is 62.4 Å². The number of para-hydroxylation sites is 7. The molecule has 30 heteroatoms. The molecule has 5 aromatic heterocycles. The number of amides is 4. The van der Waals surface area contributed by atoms with Gasteiger partial charge in [0.15, 0.2) is 22.7 Å². The molecule has 13 heterocycles. The molecule has 702 valence electrons. The second kappa shape index (κ2) is 37.3. The van der Waals surface area contributed by atoms with Crippen molar-refractivity contribution < 1.29 is 91.0 Å². The number of methoxy groups -OCH3 is 4. The van der Waals surface area contributed by atoms with Gasteiger partial charge in [-0.05, 0) is 161 Å². The number of aryl methyl sites for hydroxylation is 2. The predicted molar refractivity (Wildman–Crippen MR) is 501 cm³/mol. The number of rotatable bonds is 15. The zero-order valence-electron chi connectivity index (χ0n) is 77.1. The van der Waals surface area contributed by atoms with Gasteiger partial charge in [0.1, 0.15) is 81.2 Å². The van der Waals surface area contributed by atoms with Crippen LogP contribution < -0.4 is 47.4 Å². The Morgan fingerprint density at radius 3 is 1.42 bits per heavy atom. The SMILES string of the molecule is COC[C@H](C)Oc1ccc(C(=O)N2CCC3(CC2)Oc2ccccc2-n2cccc23)cc1C(F)(F)F.COc1cc(C(=O)N2CCC3(CC2)Oc2ccccc2-c2c3cnn2C)nc2ccccc12.COc1cc(C(=O)N2CCC3(CC2)Oc2ccccc2-n2cccc23)ccc1OCCO.COc1cc(OC(C)(C)C)ccc1C(=O)N1CCC2(CC1)Oc1ccccc1-c1c2cnn1C.[HH]. The van der Waals surface area contributed by atoms with E-state index in [-0.39, 0.29) is 55.9 Å². The number of aliphatic hydroxyl groups excluding tert-OH is 1. The maximum Gasteiger partial charge on any atom is 0.419 e. The predicted octanol–water partition coefficient (Wildman–Crippen LogP) is 18.0. The van der Waals surface area contributed by atoms with Crippen LogP contribution in [-0.4, -0.2) is 194 Å². The van der Waals surface area contributed by atoms with Crippen LogP contribution in [0.5, 0.6) is 57.5 Å². The molecule has 1 atom stereocenters. The third-order valence-corrected chi connectivity index (χ3v) is 26.4. The number of likely N-dealkylation sites (tertiary alicyclic amines) is 4. The largest absolute Gasteiger partial charge is 0.496 e. The van der Waals surface area contributed by atoms with Gasteiger partial charge in [0.05, 0.1) is 97.7 Å². The summed E-state index contributed by atoms with van der Waals surface area (Å²) in [5, 5.41) is 18.9. The van der Waals surface area contributed by atoms with Gasteiger partial charge < -0.3 is 85.9 Å². The van der Waals surface area contributed by atoms with E-state index in [1.807, 2.05) is 205 Å². The minimum Gasteiger partial charge on any atom is -0.496 e. The van der Waals surface area contributed by atoms with Crippen LogP contribution in [-0.2, 0) is 47.4 Å². The number of benzene rings is 8. The molecule has 13 aromatic rings. The highest BCUT2D eigenvalue weighted by atomic mass is 19.4. The summed E-state index contributed by atoms with van der Waals surface area (Å²) in [7, 11) is 10.1. The Kier molecular flexibility index (Phi) is 25.2. The molecule has 4 fully saturated rings. The summed E-state index contributed by atoms with van der Waals surface area (Å²) in [5.41, 5.74) is 9.57. The molecular weight excluding hydrogens is 1730 g/mol. The molecule has 21 rings (SSSR count). The molecule has 4 spiro atoms. The van der Waals surface area contributed by atoms with Crippen molar-refractivity contribution in [3.8, 4) is 91.4 Å². The topological polar surface area (TPSA) is 261 Å². The van der Waals surface area contributed by atoms with Crippen LogP contribution >= 0.6 is 0 Å². The number of nitrogens with zero attached hydrogens (tertiary/aromatic N) is 11. The normalized spacial score (nSPS) is 16.5. The summed E-state index contributed by atoms with van der Waals surface area (Å²) >= 11 is 0. The van der Waals surface area contributed by atoms with Crippen LogP contribution in [0.3, 0.4) is 0 Å². The summed E-state index contributed by atoms with van der Waals surface area (Å²) in [6.45, 7) is 12.0. The van der Waals surface area contributed by atoms with Crippen molar-refractivity contribution >= 4 is 34.5 Å². The lowest BCUT2D eigenvalue weighted by molar-refractivity contribution is -0.139. The second-order valence-corrected chi connectivity index (χ2v) is 35.9. The molecule has 0 radical (unpaired) electrons. The van der Waals surface area contributed by atoms with Gasteiger partial charge in [-0.3, -0.25) is 28.5 Å². The molecule has 4 amide bonds. The van der Waals surface area contributed by atoms with Crippen molar-refractivity contribution in [1.29, 1.82) is 0 Å². The van der Waals surface area contributed by atoms with Crippen LogP contribution in [0.15, 0.2) is 231 Å². The summed E-state index contributed by atoms with van der Waals surface area (Å²) < 4.78 is 114. The van der Waals surface area contributed by atoms with Gasteiger partial charge in [-0.25, -0.2) is 4.98 Å². The molecule has 4 saturated heterocycles. The van der Waals surface area contributed by atoms with Crippen molar-refractivity contribution in [2.45, 2.75) is 119 Å². The molecule has 0 bridgehead atoms. The van der Waals surface area contributed by atoms with Crippen LogP contribution in [0.4, 0.5) is 13.2 Å². The minimum atomic E-state index is -4.67. The average molecular weight is 1840 g/mol. The smallest absolute Gasteiger partial charge is 0.419 e. The van der Waals surface area contributed by atoms with Gasteiger partial charge in [0.2, 0.25) is 0 Å². The lowest BCUT2D eigenvalue weighted by Gasteiger charge is -2.45. The van der Waals surface area contributed by atoms with E-state index >= 15 is 0 Å². The fraction of sp³-hybridized carbons (Fsp3) is 0.343. The Balaban J connectivity index is 0.000000126. The molecule has 8 aromatic carbocycles. The molecule has 8 aliphatic heterocycles. The molecule has 8 aliphatic rings. The van der Waals surface area contributed by atoms with Crippen molar-refractivity contribution in [2.24, 2.45) is 14.1 Å². The molecule has 0 aliphatic carbocycles. The third-order valence-electron chi connectivity index (χ3n) is 26.4. The molecular formula is C105H110F3N11O16. The minimum absolute atomic E-state index is 0. The second-order valence-electron chi connectivity index (χ2n) is 35.9. The van der Waals surface area contributed by atoms with Gasteiger partial charge in [-0.15, -0.1) is 0 Å². The zero-order valence-corrected chi connectivity index (χ0v) is 77.1. The number of fused-ring (bicyclic) bond motifs is 17. The number of piperidine rings is 4. The van der Waals surface area contributed by atoms with Crippen LogP contribution in [0.2, 0.25) is 0 Å². The Bertz CT molecular complexity index is 6590. The van der Waals surface area contributed by atoms with Crippen LogP contribution in [0.1, 0.15) is 150 Å². The number of halogens is 3. The zero-order chi connectivity index (χ0) is 94.3. The van der Waals surface area contributed by atoms with E-state index in [1.165, 1.54) is 26.4 Å². The van der Waals surface area contributed by atoms with Crippen molar-refractivity contribution in [3.63, 3.8) is 0 Å². The first-order valence-corrected chi connectivity index (χ1v) is 45.5. The highest BCUT2D eigenvalue weighted by Crippen LogP contribution is 2.54. The van der Waals surface area contributed by atoms with Crippen molar-refractivity contribution in [2.75, 3.05) is 101 Å². The van der Waals surface area contributed by atoms with Crippen LogP contribution in [0.25, 0.3) is 44.8 Å². The van der Waals surface area contributed by atoms with E-state index in [0.717, 1.165) is 96.4 Å². The van der Waals surface area contributed by atoms with E-state index in [0.29, 0.717) is 149 Å². The van der Waals surface area contributed by atoms with Gasteiger partial charge >= 0.3 is 6.18 Å². The summed E-state index contributed by atoms with van der Waals surface area (Å²) in [5.74, 6) is 5.28. The highest BCUT2D eigenvalue weighted by Gasteiger charge is 2.51. The first-order valence-electron chi connectivity index (χ1n) is 45.5. The number of hydrogen-bond donors (Lipinski definition) is 1. The van der Waals surface area contributed by atoms with E-state index < -0.39 is 46.2 Å². The lowest BCUT2D eigenvalue weighted by atomic mass is 9.81. The van der Waals surface area contributed by atoms with Gasteiger partial charge in [0, 0.05) is 190 Å². The molecule has 1 N–H and O–H groups in total. The Labute approximate surface area is 781 Å². The lowest BCUT2D eigenvalue weighted by Crippen LogP contribution is -2.50. The van der Waals surface area contributed by atoms with Gasteiger partial charge in [0.25, 0.3) is 23.6 Å². The number of aliphatic hydroxyl groups is 1. The summed E-state index contributed by atoms with van der Waals surface area (Å²) in [6, 6.07) is 63.6. The highest BCUT2D eigenvalue weighted by molar-refractivity contribution is 5.99. The number of carbonyl (C=O) groups excluding carboxylic acids is 4. The quantitative estimate of drug-likeness (QED) is 0.1000. The first kappa shape index (κ1) is 91.2. The average Bonchev–Trinajstić information content (AvgIpc) is 1.51. The Morgan fingerprint density at radius 1 is 0.474 bits per heavy atom. The number of pyridine rings is 1. The molecule has 27 nitrogen and oxygen atoms in total. The number of alkyl halides is 3. The van der Waals surface area contributed by atoms with E-state index in [2.05, 4.69) is 54.8 Å². The molecule has 0 saturated carbocycles. The Morgan fingerprint density at radius 2 is 0.926 bits per heavy atom. The first-order chi connectivity index (χ1) is 65.2. The van der Waals surface area contributed by atoms with Gasteiger partial charge in [-0.2, -0.15) is 23.4 Å². The molecule has 0 unspecified atom stereocenters. The maximum absolute atomic E-state index is 13.8. The number of carbonyl (C=O) groups is 4. The number of aromatic nitrogens is 7. The van der Waals surface area contributed by atoms with Crippen molar-refractivity contribution in [3.05, 3.63) is 282 Å². The number of hydrogen-bond acceptors (Lipinski definition) is 19.